The second-order valence-corrected chi connectivity index (χ2v) is 1.66. The van der Waals surface area contributed by atoms with Crippen LogP contribution >= 0.6 is 0 Å². The van der Waals surface area contributed by atoms with E-state index in [4.69, 9.17) is 4.74 Å². The molecule has 10 heavy (non-hydrogen) atoms. The van der Waals surface area contributed by atoms with Gasteiger partial charge in [-0.05, 0) is 12.1 Å². The molecule has 0 saturated heterocycles. The van der Waals surface area contributed by atoms with Gasteiger partial charge in [-0.15, -0.1) is 0 Å². The van der Waals surface area contributed by atoms with Gasteiger partial charge in [-0.2, -0.15) is 0 Å². The fraction of sp³-hybridized carbons (Fsp3) is 0.143. The second-order valence-electron chi connectivity index (χ2n) is 1.66. The summed E-state index contributed by atoms with van der Waals surface area (Å²) < 4.78 is 17.0. The van der Waals surface area contributed by atoms with Crippen molar-refractivity contribution in [2.24, 2.45) is 0 Å². The van der Waals surface area contributed by atoms with Crippen LogP contribution in [0.3, 0.4) is 0 Å². The molecule has 0 fully saturated rings. The van der Waals surface area contributed by atoms with Crippen LogP contribution in [0.4, 0.5) is 4.39 Å². The SMILES string of the molecule is COc1cccc(F)c1.O. The number of halogens is 1. The Labute approximate surface area is 58.6 Å². The summed E-state index contributed by atoms with van der Waals surface area (Å²) in [6, 6.07) is 6.01. The number of rotatable bonds is 1. The van der Waals surface area contributed by atoms with E-state index >= 15 is 0 Å². The highest BCUT2D eigenvalue weighted by Crippen LogP contribution is 2.09. The summed E-state index contributed by atoms with van der Waals surface area (Å²) in [6.07, 6.45) is 0. The van der Waals surface area contributed by atoms with E-state index in [-0.39, 0.29) is 11.3 Å². The lowest BCUT2D eigenvalue weighted by Crippen LogP contribution is -1.81. The molecule has 0 amide bonds. The minimum absolute atomic E-state index is 0. The lowest BCUT2D eigenvalue weighted by molar-refractivity contribution is 0.411. The minimum Gasteiger partial charge on any atom is -0.497 e. The number of hydrogen-bond acceptors (Lipinski definition) is 1. The van der Waals surface area contributed by atoms with Gasteiger partial charge in [-0.1, -0.05) is 6.07 Å². The molecule has 0 aliphatic rings. The third kappa shape index (κ3) is 2.03. The van der Waals surface area contributed by atoms with Crippen LogP contribution in [0.15, 0.2) is 24.3 Å². The molecule has 0 aliphatic carbocycles. The van der Waals surface area contributed by atoms with Crippen LogP contribution < -0.4 is 4.74 Å². The van der Waals surface area contributed by atoms with Gasteiger partial charge in [0.25, 0.3) is 0 Å². The van der Waals surface area contributed by atoms with Crippen molar-refractivity contribution in [2.45, 2.75) is 0 Å². The molecule has 0 radical (unpaired) electrons. The van der Waals surface area contributed by atoms with E-state index in [2.05, 4.69) is 0 Å². The van der Waals surface area contributed by atoms with E-state index < -0.39 is 0 Å². The van der Waals surface area contributed by atoms with Crippen LogP contribution in [-0.4, -0.2) is 12.6 Å². The fourth-order valence-corrected chi connectivity index (χ4v) is 0.594. The smallest absolute Gasteiger partial charge is 0.126 e. The van der Waals surface area contributed by atoms with Gasteiger partial charge in [-0.25, -0.2) is 4.39 Å². The number of benzene rings is 1. The highest BCUT2D eigenvalue weighted by Gasteiger charge is 1.90. The largest absolute Gasteiger partial charge is 0.497 e. The predicted octanol–water partition coefficient (Wildman–Crippen LogP) is 1.01. The number of methoxy groups -OCH3 is 1. The summed E-state index contributed by atoms with van der Waals surface area (Å²) in [5.41, 5.74) is 0. The van der Waals surface area contributed by atoms with Gasteiger partial charge in [0.05, 0.1) is 7.11 Å². The molecule has 1 aromatic carbocycles. The molecule has 3 heteroatoms. The van der Waals surface area contributed by atoms with Gasteiger partial charge in [0.2, 0.25) is 0 Å². The van der Waals surface area contributed by atoms with E-state index in [1.807, 2.05) is 0 Å². The molecule has 0 heterocycles. The molecule has 1 rings (SSSR count). The van der Waals surface area contributed by atoms with E-state index in [0.29, 0.717) is 5.75 Å². The Morgan fingerprint density at radius 2 is 2.10 bits per heavy atom. The maximum atomic E-state index is 12.3. The van der Waals surface area contributed by atoms with Crippen molar-refractivity contribution in [1.29, 1.82) is 0 Å². The molecule has 0 aliphatic heterocycles. The Morgan fingerprint density at radius 3 is 2.50 bits per heavy atom. The van der Waals surface area contributed by atoms with Crippen LogP contribution in [0.25, 0.3) is 0 Å². The monoisotopic (exact) mass is 144 g/mol. The lowest BCUT2D eigenvalue weighted by atomic mass is 10.3. The first kappa shape index (κ1) is 8.91. The zero-order valence-electron chi connectivity index (χ0n) is 5.60. The first-order valence-electron chi connectivity index (χ1n) is 2.62. The fourth-order valence-electron chi connectivity index (χ4n) is 0.594. The summed E-state index contributed by atoms with van der Waals surface area (Å²) in [4.78, 5) is 0. The molecular weight excluding hydrogens is 135 g/mol. The van der Waals surface area contributed by atoms with E-state index in [1.54, 1.807) is 12.1 Å². The van der Waals surface area contributed by atoms with Crippen molar-refractivity contribution in [2.75, 3.05) is 7.11 Å². The normalized spacial score (nSPS) is 8.20. The molecule has 1 aromatic rings. The Kier molecular flexibility index (Phi) is 3.43. The molecule has 0 saturated carbocycles. The molecule has 56 valence electrons. The van der Waals surface area contributed by atoms with Crippen molar-refractivity contribution in [3.63, 3.8) is 0 Å². The number of hydrogen-bond donors (Lipinski definition) is 0. The summed E-state index contributed by atoms with van der Waals surface area (Å²) in [5, 5.41) is 0. The van der Waals surface area contributed by atoms with Gasteiger partial charge in [-0.3, -0.25) is 0 Å². The third-order valence-corrected chi connectivity index (χ3v) is 1.03. The predicted molar refractivity (Wildman–Crippen MR) is 36.6 cm³/mol. The average Bonchev–Trinajstić information content (AvgIpc) is 1.88. The third-order valence-electron chi connectivity index (χ3n) is 1.03. The Morgan fingerprint density at radius 1 is 1.40 bits per heavy atom. The topological polar surface area (TPSA) is 40.7 Å². The van der Waals surface area contributed by atoms with Crippen molar-refractivity contribution in [3.8, 4) is 5.75 Å². The van der Waals surface area contributed by atoms with Gasteiger partial charge in [0.1, 0.15) is 11.6 Å². The average molecular weight is 144 g/mol. The van der Waals surface area contributed by atoms with E-state index in [0.717, 1.165) is 0 Å². The van der Waals surface area contributed by atoms with Crippen molar-refractivity contribution < 1.29 is 14.6 Å². The summed E-state index contributed by atoms with van der Waals surface area (Å²) >= 11 is 0. The van der Waals surface area contributed by atoms with Crippen LogP contribution in [0.5, 0.6) is 5.75 Å². The Balaban J connectivity index is 0.000000810. The minimum atomic E-state index is -0.269. The van der Waals surface area contributed by atoms with Crippen LogP contribution in [-0.2, 0) is 0 Å². The van der Waals surface area contributed by atoms with Crippen LogP contribution in [0.2, 0.25) is 0 Å². The molecule has 0 aromatic heterocycles. The molecule has 2 nitrogen and oxygen atoms in total. The zero-order chi connectivity index (χ0) is 6.69. The summed E-state index contributed by atoms with van der Waals surface area (Å²) in [5.74, 6) is 0.282. The van der Waals surface area contributed by atoms with Gasteiger partial charge < -0.3 is 10.2 Å². The highest BCUT2D eigenvalue weighted by atomic mass is 19.1. The first-order valence-corrected chi connectivity index (χ1v) is 2.62. The van der Waals surface area contributed by atoms with Crippen LogP contribution in [0, 0.1) is 5.82 Å². The molecule has 0 spiro atoms. The first-order chi connectivity index (χ1) is 4.33. The van der Waals surface area contributed by atoms with Crippen molar-refractivity contribution >= 4 is 0 Å². The zero-order valence-corrected chi connectivity index (χ0v) is 5.60. The Hall–Kier alpha value is -1.09. The van der Waals surface area contributed by atoms with Gasteiger partial charge >= 0.3 is 0 Å². The highest BCUT2D eigenvalue weighted by molar-refractivity contribution is 5.21. The number of ether oxygens (including phenoxy) is 1. The molecule has 2 N–H and O–H groups in total. The van der Waals surface area contributed by atoms with Crippen molar-refractivity contribution in [3.05, 3.63) is 30.1 Å². The quantitative estimate of drug-likeness (QED) is 0.579. The molecular formula is C7H9FO2. The summed E-state index contributed by atoms with van der Waals surface area (Å²) in [7, 11) is 1.51. The van der Waals surface area contributed by atoms with E-state index in [1.165, 1.54) is 19.2 Å². The summed E-state index contributed by atoms with van der Waals surface area (Å²) in [6.45, 7) is 0. The maximum absolute atomic E-state index is 12.3. The maximum Gasteiger partial charge on any atom is 0.126 e. The second kappa shape index (κ2) is 3.85. The van der Waals surface area contributed by atoms with E-state index in [9.17, 15) is 4.39 Å². The molecule has 0 atom stereocenters. The van der Waals surface area contributed by atoms with Gasteiger partial charge in [0.15, 0.2) is 0 Å². The van der Waals surface area contributed by atoms with Gasteiger partial charge in [0, 0.05) is 6.07 Å². The van der Waals surface area contributed by atoms with Crippen LogP contribution in [0.1, 0.15) is 0 Å². The lowest BCUT2D eigenvalue weighted by Gasteiger charge is -1.95. The molecule has 0 unspecified atom stereocenters. The molecule has 0 bridgehead atoms. The standard InChI is InChI=1S/C7H7FO.H2O/c1-9-7-4-2-3-6(8)5-7;/h2-5H,1H3;1H2. The van der Waals surface area contributed by atoms with Crippen molar-refractivity contribution in [1.82, 2.24) is 0 Å². The Bertz CT molecular complexity index is 201.